The molecule has 0 aromatic heterocycles. The largest absolute Gasteiger partial charge is 0.481 e. The molecule has 0 heterocycles. The summed E-state index contributed by atoms with van der Waals surface area (Å²) in [5, 5.41) is 16.3. The topological polar surface area (TPSA) is 74.6 Å². The molecule has 2 N–H and O–H groups in total. The zero-order valence-corrected chi connectivity index (χ0v) is 5.54. The van der Waals surface area contributed by atoms with Gasteiger partial charge in [-0.1, -0.05) is 0 Å². The molecule has 5 heteroatoms. The Morgan fingerprint density at radius 2 is 1.18 bits per heavy atom. The molecule has 0 saturated heterocycles. The van der Waals surface area contributed by atoms with Gasteiger partial charge in [0.05, 0.1) is 0 Å². The summed E-state index contributed by atoms with van der Waals surface area (Å²) in [5.74, 6) is -1.74. The van der Waals surface area contributed by atoms with Gasteiger partial charge in [-0.15, -0.1) is 0 Å². The lowest BCUT2D eigenvalue weighted by Crippen LogP contribution is -1.97. The van der Waals surface area contributed by atoms with Crippen LogP contribution in [-0.2, 0) is 9.59 Å². The minimum atomic E-state index is -0.870. The lowest BCUT2D eigenvalue weighted by Gasteiger charge is -1.92. The van der Waals surface area contributed by atoms with E-state index in [1.165, 1.54) is 0 Å². The molecule has 0 aliphatic carbocycles. The monoisotopic (exact) mass is 176 g/mol. The Hall–Kier alpha value is -0.528. The van der Waals surface area contributed by atoms with Gasteiger partial charge in [0.25, 0.3) is 0 Å². The third kappa shape index (κ3) is 12.6. The maximum absolute atomic E-state index is 9.90. The van der Waals surface area contributed by atoms with Gasteiger partial charge in [0.2, 0.25) is 0 Å². The predicted octanol–water partition coefficient (Wildman–Crippen LogP) is -0.468. The van der Waals surface area contributed by atoms with Crippen LogP contribution in [0.25, 0.3) is 0 Å². The second kappa shape index (κ2) is 7.58. The van der Waals surface area contributed by atoms with Crippen LogP contribution in [0.4, 0.5) is 0 Å². The van der Waals surface area contributed by atoms with Gasteiger partial charge in [-0.05, 0) is 12.8 Å². The summed E-state index contributed by atoms with van der Waals surface area (Å²) in [7, 11) is 0. The van der Waals surface area contributed by atoms with E-state index in [4.69, 9.17) is 10.2 Å². The Labute approximate surface area is 75.3 Å². The van der Waals surface area contributed by atoms with E-state index < -0.39 is 11.9 Å². The first-order chi connectivity index (χ1) is 4.63. The minimum Gasteiger partial charge on any atom is -0.481 e. The highest BCUT2D eigenvalue weighted by Crippen LogP contribution is 1.98. The molecular weight excluding hydrogens is 163 g/mol. The molecule has 11 heavy (non-hydrogen) atoms. The third-order valence-electron chi connectivity index (χ3n) is 1.03. The number of unbranched alkanes of at least 4 members (excludes halogenated alkanes) is 1. The number of rotatable bonds is 5. The second-order valence-corrected chi connectivity index (χ2v) is 1.99. The summed E-state index contributed by atoms with van der Waals surface area (Å²) >= 11 is 0. The van der Waals surface area contributed by atoms with Crippen molar-refractivity contribution in [3.8, 4) is 0 Å². The van der Waals surface area contributed by atoms with Crippen LogP contribution >= 0.6 is 0 Å². The van der Waals surface area contributed by atoms with Crippen LogP contribution in [0.1, 0.15) is 25.7 Å². The van der Waals surface area contributed by atoms with Crippen molar-refractivity contribution in [3.05, 3.63) is 0 Å². The average molecular weight is 176 g/mol. The number of carboxylic acids is 2. The number of carbonyl (C=O) groups is 2. The Bertz CT molecular complexity index is 119. The van der Waals surface area contributed by atoms with E-state index in [-0.39, 0.29) is 30.2 Å². The van der Waals surface area contributed by atoms with E-state index in [1.54, 1.807) is 0 Å². The molecule has 0 aromatic carbocycles. The molecule has 0 spiro atoms. The molecule has 0 rings (SSSR count). The molecule has 0 bridgehead atoms. The highest BCUT2D eigenvalue weighted by molar-refractivity contribution is 5.75. The summed E-state index contributed by atoms with van der Waals surface area (Å²) in [6.07, 6.45) is 1.02. The first-order valence-corrected chi connectivity index (χ1v) is 3.06. The van der Waals surface area contributed by atoms with E-state index in [0.717, 1.165) is 0 Å². The number of aliphatic carboxylic acids is 2. The van der Waals surface area contributed by atoms with Crippen LogP contribution < -0.4 is 0 Å². The van der Waals surface area contributed by atoms with Gasteiger partial charge in [0.1, 0.15) is 0 Å². The van der Waals surface area contributed by atoms with E-state index in [2.05, 4.69) is 0 Å². The quantitative estimate of drug-likeness (QED) is 0.438. The zero-order valence-electron chi connectivity index (χ0n) is 5.54. The van der Waals surface area contributed by atoms with Crippen molar-refractivity contribution < 1.29 is 19.8 Å². The van der Waals surface area contributed by atoms with Crippen LogP contribution in [0.5, 0.6) is 0 Å². The van der Waals surface area contributed by atoms with Crippen LogP contribution in [-0.4, -0.2) is 39.5 Å². The highest BCUT2D eigenvalue weighted by atomic mass is 27.0. The van der Waals surface area contributed by atoms with E-state index in [9.17, 15) is 9.59 Å². The zero-order chi connectivity index (χ0) is 7.98. The second-order valence-electron chi connectivity index (χ2n) is 1.99. The maximum atomic E-state index is 9.90. The molecular formula is C6H13AlO4. The van der Waals surface area contributed by atoms with Gasteiger partial charge < -0.3 is 10.2 Å². The Kier molecular flexibility index (Phi) is 9.02. The van der Waals surface area contributed by atoms with Crippen molar-refractivity contribution in [1.82, 2.24) is 0 Å². The number of hydrogen-bond acceptors (Lipinski definition) is 2. The molecule has 0 radical (unpaired) electrons. The van der Waals surface area contributed by atoms with Gasteiger partial charge in [-0.2, -0.15) is 0 Å². The van der Waals surface area contributed by atoms with E-state index in [0.29, 0.717) is 12.8 Å². The van der Waals surface area contributed by atoms with E-state index >= 15 is 0 Å². The highest BCUT2D eigenvalue weighted by Gasteiger charge is 1.99. The molecule has 0 aliphatic rings. The SMILES string of the molecule is O=C(O)CCCCC(=O)O.[AlH3]. The molecule has 0 atom stereocenters. The van der Waals surface area contributed by atoms with Crippen molar-refractivity contribution >= 4 is 29.3 Å². The Morgan fingerprint density at radius 1 is 0.909 bits per heavy atom. The van der Waals surface area contributed by atoms with Crippen LogP contribution in [0, 0.1) is 0 Å². The van der Waals surface area contributed by atoms with Crippen molar-refractivity contribution in [1.29, 1.82) is 0 Å². The smallest absolute Gasteiger partial charge is 0.303 e. The third-order valence-corrected chi connectivity index (χ3v) is 1.03. The van der Waals surface area contributed by atoms with Crippen molar-refractivity contribution in [2.45, 2.75) is 25.7 Å². The molecule has 64 valence electrons. The van der Waals surface area contributed by atoms with Crippen LogP contribution in [0.3, 0.4) is 0 Å². The first-order valence-electron chi connectivity index (χ1n) is 3.06. The van der Waals surface area contributed by atoms with Gasteiger partial charge in [0.15, 0.2) is 17.4 Å². The van der Waals surface area contributed by atoms with E-state index in [1.807, 2.05) is 0 Å². The van der Waals surface area contributed by atoms with Crippen molar-refractivity contribution in [3.63, 3.8) is 0 Å². The molecule has 4 nitrogen and oxygen atoms in total. The first kappa shape index (κ1) is 13.1. The summed E-state index contributed by atoms with van der Waals surface area (Å²) in [4.78, 5) is 19.8. The summed E-state index contributed by atoms with van der Waals surface area (Å²) in [6.45, 7) is 0. The molecule has 0 aromatic rings. The normalized spacial score (nSPS) is 8.36. The van der Waals surface area contributed by atoms with Crippen molar-refractivity contribution in [2.75, 3.05) is 0 Å². The summed E-state index contributed by atoms with van der Waals surface area (Å²) in [5.41, 5.74) is 0. The standard InChI is InChI=1S/C6H10O4.Al.3H/c7-5(8)3-1-2-4-6(9)10;;;;/h1-4H2,(H,7,8)(H,9,10);;;;. The summed E-state index contributed by atoms with van der Waals surface area (Å²) < 4.78 is 0. The fourth-order valence-corrected chi connectivity index (χ4v) is 0.552. The fraction of sp³-hybridized carbons (Fsp3) is 0.667. The molecule has 0 unspecified atom stereocenters. The van der Waals surface area contributed by atoms with Gasteiger partial charge in [-0.25, -0.2) is 0 Å². The van der Waals surface area contributed by atoms with Gasteiger partial charge in [-0.3, -0.25) is 9.59 Å². The molecule has 0 fully saturated rings. The average Bonchev–Trinajstić information content (AvgIpc) is 1.79. The lowest BCUT2D eigenvalue weighted by atomic mass is 10.2. The van der Waals surface area contributed by atoms with Crippen LogP contribution in [0.15, 0.2) is 0 Å². The van der Waals surface area contributed by atoms with Crippen molar-refractivity contribution in [2.24, 2.45) is 0 Å². The summed E-state index contributed by atoms with van der Waals surface area (Å²) in [6, 6.07) is 0. The molecule has 0 amide bonds. The van der Waals surface area contributed by atoms with Crippen LogP contribution in [0.2, 0.25) is 0 Å². The number of carboxylic acid groups (broad SMARTS) is 2. The predicted molar refractivity (Wildman–Crippen MR) is 43.7 cm³/mol. The maximum Gasteiger partial charge on any atom is 0.303 e. The van der Waals surface area contributed by atoms with Gasteiger partial charge >= 0.3 is 11.9 Å². The Morgan fingerprint density at radius 3 is 1.36 bits per heavy atom. The lowest BCUT2D eigenvalue weighted by molar-refractivity contribution is -0.139. The fourth-order valence-electron chi connectivity index (χ4n) is 0.552. The number of hydrogen-bond donors (Lipinski definition) is 2. The van der Waals surface area contributed by atoms with Gasteiger partial charge in [0, 0.05) is 12.8 Å². The molecule has 0 saturated carbocycles. The minimum absolute atomic E-state index is 0. The molecule has 0 aliphatic heterocycles. The Balaban J connectivity index is 0.